The van der Waals surface area contributed by atoms with Gasteiger partial charge in [-0.3, -0.25) is 10.1 Å². The number of nitrogens with one attached hydrogen (secondary N) is 2. The molecule has 0 bridgehead atoms. The molecule has 2 rings (SSSR count). The highest BCUT2D eigenvalue weighted by Gasteiger charge is 2.22. The molecular formula is C14H16N2O6. The van der Waals surface area contributed by atoms with Gasteiger partial charge in [-0.2, -0.15) is 0 Å². The van der Waals surface area contributed by atoms with Crippen molar-refractivity contribution in [3.63, 3.8) is 0 Å². The molecule has 0 saturated carbocycles. The summed E-state index contributed by atoms with van der Waals surface area (Å²) in [6.07, 6.45) is -1.11. The van der Waals surface area contributed by atoms with E-state index in [9.17, 15) is 14.4 Å². The molecule has 118 valence electrons. The first kappa shape index (κ1) is 15.6. The van der Waals surface area contributed by atoms with Crippen LogP contribution in [0.5, 0.6) is 11.5 Å². The Morgan fingerprint density at radius 2 is 1.86 bits per heavy atom. The number of carbonyl (C=O) groups is 3. The fraction of sp³-hybridized carbons (Fsp3) is 0.357. The molecule has 1 unspecified atom stereocenters. The van der Waals surface area contributed by atoms with Gasteiger partial charge in [-0.05, 0) is 25.1 Å². The lowest BCUT2D eigenvalue weighted by molar-refractivity contribution is -0.127. The largest absolute Gasteiger partial charge is 0.486 e. The van der Waals surface area contributed by atoms with Crippen molar-refractivity contribution in [2.45, 2.75) is 13.0 Å². The first-order chi connectivity index (χ1) is 10.5. The predicted molar refractivity (Wildman–Crippen MR) is 74.9 cm³/mol. The Balaban J connectivity index is 1.99. The molecule has 0 radical (unpaired) electrons. The van der Waals surface area contributed by atoms with Crippen LogP contribution in [0.15, 0.2) is 18.2 Å². The summed E-state index contributed by atoms with van der Waals surface area (Å²) in [5.74, 6) is -0.418. The van der Waals surface area contributed by atoms with Gasteiger partial charge in [0.1, 0.15) is 13.2 Å². The number of esters is 1. The Morgan fingerprint density at radius 3 is 2.55 bits per heavy atom. The topological polar surface area (TPSA) is 103 Å². The third kappa shape index (κ3) is 3.66. The van der Waals surface area contributed by atoms with Crippen molar-refractivity contribution >= 4 is 17.9 Å². The monoisotopic (exact) mass is 308 g/mol. The lowest BCUT2D eigenvalue weighted by Gasteiger charge is -2.19. The Morgan fingerprint density at radius 1 is 1.18 bits per heavy atom. The highest BCUT2D eigenvalue weighted by Crippen LogP contribution is 2.30. The summed E-state index contributed by atoms with van der Waals surface area (Å²) in [5.41, 5.74) is 0.226. The molecule has 2 N–H and O–H groups in total. The molecule has 0 aromatic heterocycles. The number of ether oxygens (including phenoxy) is 3. The normalized spacial score (nSPS) is 13.7. The molecular weight excluding hydrogens is 292 g/mol. The van der Waals surface area contributed by atoms with Crippen molar-refractivity contribution < 1.29 is 28.6 Å². The van der Waals surface area contributed by atoms with E-state index < -0.39 is 24.0 Å². The van der Waals surface area contributed by atoms with Gasteiger partial charge in [0.2, 0.25) is 0 Å². The molecule has 8 heteroatoms. The molecule has 1 aliphatic heterocycles. The average Bonchev–Trinajstić information content (AvgIpc) is 2.53. The second kappa shape index (κ2) is 6.79. The smallest absolute Gasteiger partial charge is 0.339 e. The van der Waals surface area contributed by atoms with Gasteiger partial charge in [-0.15, -0.1) is 0 Å². The number of hydrogen-bond acceptors (Lipinski definition) is 6. The average molecular weight is 308 g/mol. The molecule has 0 fully saturated rings. The molecule has 0 saturated heterocycles. The highest BCUT2D eigenvalue weighted by molar-refractivity contribution is 5.98. The summed E-state index contributed by atoms with van der Waals surface area (Å²) in [7, 11) is 1.37. The summed E-state index contributed by atoms with van der Waals surface area (Å²) in [6.45, 7) is 2.22. The third-order valence-electron chi connectivity index (χ3n) is 2.89. The third-order valence-corrected chi connectivity index (χ3v) is 2.89. The van der Waals surface area contributed by atoms with Gasteiger partial charge in [0.25, 0.3) is 5.91 Å². The van der Waals surface area contributed by atoms with Crippen molar-refractivity contribution in [3.8, 4) is 11.5 Å². The molecule has 1 aliphatic rings. The van der Waals surface area contributed by atoms with E-state index in [-0.39, 0.29) is 5.56 Å². The molecule has 22 heavy (non-hydrogen) atoms. The van der Waals surface area contributed by atoms with Crippen LogP contribution in [0.2, 0.25) is 0 Å². The first-order valence-electron chi connectivity index (χ1n) is 6.64. The van der Waals surface area contributed by atoms with Crippen LogP contribution >= 0.6 is 0 Å². The number of benzene rings is 1. The minimum atomic E-state index is -1.11. The van der Waals surface area contributed by atoms with Crippen molar-refractivity contribution in [1.82, 2.24) is 10.6 Å². The van der Waals surface area contributed by atoms with Crippen molar-refractivity contribution in [1.29, 1.82) is 0 Å². The number of urea groups is 1. The van der Waals surface area contributed by atoms with Gasteiger partial charge in [0.05, 0.1) is 5.56 Å². The second-order valence-corrected chi connectivity index (χ2v) is 4.47. The van der Waals surface area contributed by atoms with Gasteiger partial charge in [-0.1, -0.05) is 0 Å². The van der Waals surface area contributed by atoms with Crippen LogP contribution in [0, 0.1) is 0 Å². The number of amides is 3. The summed E-state index contributed by atoms with van der Waals surface area (Å²) >= 11 is 0. The zero-order valence-corrected chi connectivity index (χ0v) is 12.2. The summed E-state index contributed by atoms with van der Waals surface area (Å²) in [6, 6.07) is 3.92. The van der Waals surface area contributed by atoms with E-state index >= 15 is 0 Å². The van der Waals surface area contributed by atoms with E-state index in [4.69, 9.17) is 14.2 Å². The first-order valence-corrected chi connectivity index (χ1v) is 6.64. The fourth-order valence-electron chi connectivity index (χ4n) is 1.73. The zero-order valence-electron chi connectivity index (χ0n) is 12.2. The number of imide groups is 1. The van der Waals surface area contributed by atoms with Crippen LogP contribution in [0.25, 0.3) is 0 Å². The van der Waals surface area contributed by atoms with E-state index in [2.05, 4.69) is 5.32 Å². The number of rotatable bonds is 3. The van der Waals surface area contributed by atoms with Gasteiger partial charge in [0, 0.05) is 7.05 Å². The molecule has 0 spiro atoms. The number of carbonyl (C=O) groups excluding carboxylic acids is 3. The maximum atomic E-state index is 12.0. The maximum absolute atomic E-state index is 12.0. The van der Waals surface area contributed by atoms with Gasteiger partial charge in [-0.25, -0.2) is 9.59 Å². The molecule has 1 heterocycles. The molecule has 0 aliphatic carbocycles. The minimum absolute atomic E-state index is 0.226. The van der Waals surface area contributed by atoms with E-state index in [1.807, 2.05) is 5.32 Å². The van der Waals surface area contributed by atoms with Crippen LogP contribution in [-0.4, -0.2) is 44.3 Å². The molecule has 8 nitrogen and oxygen atoms in total. The van der Waals surface area contributed by atoms with Crippen LogP contribution in [0.3, 0.4) is 0 Å². The maximum Gasteiger partial charge on any atom is 0.339 e. The predicted octanol–water partition coefficient (Wildman–Crippen LogP) is 0.459. The SMILES string of the molecule is CNC(=O)NC(=O)C(C)OC(=O)c1ccc2c(c1)OCCO2. The molecule has 1 aromatic rings. The van der Waals surface area contributed by atoms with Crippen molar-refractivity contribution in [3.05, 3.63) is 23.8 Å². The lowest BCUT2D eigenvalue weighted by atomic mass is 10.2. The fourth-order valence-corrected chi connectivity index (χ4v) is 1.73. The molecule has 3 amide bonds. The summed E-state index contributed by atoms with van der Waals surface area (Å²) < 4.78 is 15.7. The van der Waals surface area contributed by atoms with Crippen LogP contribution in [-0.2, 0) is 9.53 Å². The van der Waals surface area contributed by atoms with Crippen molar-refractivity contribution in [2.24, 2.45) is 0 Å². The zero-order chi connectivity index (χ0) is 16.1. The van der Waals surface area contributed by atoms with Crippen molar-refractivity contribution in [2.75, 3.05) is 20.3 Å². The quantitative estimate of drug-likeness (QED) is 0.786. The number of fused-ring (bicyclic) bond motifs is 1. The van der Waals surface area contributed by atoms with E-state index in [0.29, 0.717) is 24.7 Å². The Bertz CT molecular complexity index is 601. The van der Waals surface area contributed by atoms with Gasteiger partial charge < -0.3 is 19.5 Å². The highest BCUT2D eigenvalue weighted by atomic mass is 16.6. The summed E-state index contributed by atoms with van der Waals surface area (Å²) in [4.78, 5) is 34.6. The standard InChI is InChI=1S/C14H16N2O6/c1-8(12(17)16-14(19)15-2)22-13(18)9-3-4-10-11(7-9)21-6-5-20-10/h3-4,7-8H,5-6H2,1-2H3,(H2,15,16,17,19). The van der Waals surface area contributed by atoms with Crippen LogP contribution in [0.4, 0.5) is 4.79 Å². The minimum Gasteiger partial charge on any atom is -0.486 e. The van der Waals surface area contributed by atoms with Gasteiger partial charge in [0.15, 0.2) is 17.6 Å². The molecule has 1 aromatic carbocycles. The van der Waals surface area contributed by atoms with Crippen LogP contribution in [0.1, 0.15) is 17.3 Å². The lowest BCUT2D eigenvalue weighted by Crippen LogP contribution is -2.43. The number of hydrogen-bond donors (Lipinski definition) is 2. The Kier molecular flexibility index (Phi) is 4.82. The Hall–Kier alpha value is -2.77. The van der Waals surface area contributed by atoms with Gasteiger partial charge >= 0.3 is 12.0 Å². The van der Waals surface area contributed by atoms with Crippen LogP contribution < -0.4 is 20.1 Å². The molecule has 1 atom stereocenters. The van der Waals surface area contributed by atoms with E-state index in [1.54, 1.807) is 6.07 Å². The Labute approximate surface area is 126 Å². The summed E-state index contributed by atoms with van der Waals surface area (Å²) in [5, 5.41) is 4.25. The second-order valence-electron chi connectivity index (χ2n) is 4.47. The van der Waals surface area contributed by atoms with E-state index in [0.717, 1.165) is 0 Å². The van der Waals surface area contributed by atoms with E-state index in [1.165, 1.54) is 26.1 Å².